The molecule has 3 N–H and O–H groups in total. The highest BCUT2D eigenvalue weighted by Crippen LogP contribution is 2.49. The van der Waals surface area contributed by atoms with Crippen LogP contribution < -0.4 is 19.5 Å². The maximum Gasteiger partial charge on any atom is 0.501 e. The third kappa shape index (κ3) is 12.0. The summed E-state index contributed by atoms with van der Waals surface area (Å²) in [4.78, 5) is 3.43. The zero-order valence-corrected chi connectivity index (χ0v) is 32.5. The average Bonchev–Trinajstić information content (AvgIpc) is 3.13. The third-order valence-electron chi connectivity index (χ3n) is 8.57. The lowest BCUT2D eigenvalue weighted by molar-refractivity contribution is -0.0435. The molecule has 1 atom stereocenters. The summed E-state index contributed by atoms with van der Waals surface area (Å²) < 4.78 is 116. The van der Waals surface area contributed by atoms with Gasteiger partial charge in [0.15, 0.2) is 0 Å². The lowest BCUT2D eigenvalue weighted by atomic mass is 10.2. The Morgan fingerprint density at radius 3 is 1.81 bits per heavy atom. The Morgan fingerprint density at radius 2 is 1.30 bits per heavy atom. The number of sulfone groups is 1. The largest absolute Gasteiger partial charge is 0.501 e. The second kappa shape index (κ2) is 18.4. The minimum atomic E-state index is -5.93. The first kappa shape index (κ1) is 41.6. The number of para-hydroxylation sites is 2. The zero-order valence-electron chi connectivity index (χ0n) is 29.2. The van der Waals surface area contributed by atoms with Crippen LogP contribution in [0.25, 0.3) is 0 Å². The molecule has 54 heavy (non-hydrogen) atoms. The summed E-state index contributed by atoms with van der Waals surface area (Å²) in [5.74, 6) is 1.29. The Kier molecular flexibility index (Phi) is 14.2. The molecule has 0 radical (unpaired) electrons. The molecule has 1 saturated heterocycles. The van der Waals surface area contributed by atoms with Crippen LogP contribution in [0, 0.1) is 0 Å². The van der Waals surface area contributed by atoms with Crippen molar-refractivity contribution in [1.82, 2.24) is 9.80 Å². The molecule has 0 aliphatic carbocycles. The number of piperazine rings is 1. The monoisotopic (exact) mass is 826 g/mol. The van der Waals surface area contributed by atoms with Gasteiger partial charge in [0.1, 0.15) is 16.4 Å². The first-order valence-electron chi connectivity index (χ1n) is 17.1. The van der Waals surface area contributed by atoms with E-state index in [4.69, 9.17) is 14.2 Å². The molecule has 1 aliphatic rings. The van der Waals surface area contributed by atoms with E-state index in [0.717, 1.165) is 30.1 Å². The number of nitrogens with zero attached hydrogens (tertiary/aromatic N) is 2. The molecule has 5 rings (SSSR count). The van der Waals surface area contributed by atoms with Gasteiger partial charge in [-0.15, -0.1) is 11.8 Å². The topological polar surface area (TPSA) is 148 Å². The number of anilines is 1. The van der Waals surface area contributed by atoms with E-state index in [0.29, 0.717) is 62.3 Å². The molecule has 292 valence electrons. The molecule has 0 saturated carbocycles. The summed E-state index contributed by atoms with van der Waals surface area (Å²) in [6.45, 7) is 4.08. The first-order valence-corrected chi connectivity index (χ1v) is 22.8. The second-order valence-corrected chi connectivity index (χ2v) is 19.2. The third-order valence-corrected chi connectivity index (χ3v) is 14.0. The van der Waals surface area contributed by atoms with Crippen molar-refractivity contribution in [2.75, 3.05) is 56.5 Å². The van der Waals surface area contributed by atoms with Crippen molar-refractivity contribution in [3.63, 3.8) is 0 Å². The zero-order chi connectivity index (χ0) is 38.8. The number of hydrogen-bond donors (Lipinski definition) is 2. The molecule has 4 aromatic carbocycles. The molecule has 0 amide bonds. The van der Waals surface area contributed by atoms with Crippen molar-refractivity contribution in [1.29, 1.82) is 0 Å². The fourth-order valence-electron chi connectivity index (χ4n) is 5.73. The van der Waals surface area contributed by atoms with Crippen molar-refractivity contribution in [3.05, 3.63) is 109 Å². The standard InChI is InChI=1S/C36H42F3N4O7PS3/c37-36(38,39)53(45,46)35-27-33(54(40,47)48)17-18-34(35)41-29(28-52-32-15-8-3-9-16-32)19-21-43-24-22-42(23-25-43)20-10-26-51(44,49-30-11-4-1-5-12-30)50-31-13-6-2-7-14-31/h1-9,11-18,27,29,41H,10,19-26,28H2,(H2,40,47,48)/t29-/m1/s1. The number of sulfonamides is 1. The number of primary sulfonamides is 1. The smallest absolute Gasteiger partial charge is 0.416 e. The number of nitrogens with two attached hydrogens (primary N) is 1. The number of benzene rings is 4. The van der Waals surface area contributed by atoms with Crippen LogP contribution in [-0.2, 0) is 24.4 Å². The molecule has 0 spiro atoms. The molecular formula is C36H42F3N4O7PS3. The van der Waals surface area contributed by atoms with Crippen LogP contribution in [0.1, 0.15) is 12.8 Å². The van der Waals surface area contributed by atoms with Crippen LogP contribution in [0.4, 0.5) is 18.9 Å². The number of alkyl halides is 3. The maximum atomic E-state index is 13.9. The molecule has 4 aromatic rings. The highest BCUT2D eigenvalue weighted by Gasteiger charge is 2.48. The van der Waals surface area contributed by atoms with Gasteiger partial charge in [0.25, 0.3) is 9.84 Å². The van der Waals surface area contributed by atoms with Gasteiger partial charge in [0.05, 0.1) is 16.7 Å². The van der Waals surface area contributed by atoms with Gasteiger partial charge in [-0.1, -0.05) is 54.6 Å². The SMILES string of the molecule is NS(=O)(=O)c1ccc(N[C@H](CCN2CCN(CCCP(=O)(Oc3ccccc3)Oc3ccccc3)CC2)CSc2ccccc2)c(S(=O)(=O)C(F)(F)F)c1. The number of halogens is 3. The van der Waals surface area contributed by atoms with E-state index in [2.05, 4.69) is 15.1 Å². The molecule has 0 bridgehead atoms. The van der Waals surface area contributed by atoms with E-state index in [1.807, 2.05) is 42.5 Å². The minimum Gasteiger partial charge on any atom is -0.416 e. The average molecular weight is 827 g/mol. The molecule has 0 unspecified atom stereocenters. The molecule has 1 aliphatic heterocycles. The Labute approximate surface area is 318 Å². The Hall–Kier alpha value is -3.57. The fourth-order valence-corrected chi connectivity index (χ4v) is 9.92. The quantitative estimate of drug-likeness (QED) is 0.0794. The van der Waals surface area contributed by atoms with E-state index in [1.165, 1.54) is 11.8 Å². The number of rotatable bonds is 18. The van der Waals surface area contributed by atoms with Crippen LogP contribution in [0.3, 0.4) is 0 Å². The van der Waals surface area contributed by atoms with Gasteiger partial charge in [-0.3, -0.25) is 0 Å². The highest BCUT2D eigenvalue weighted by molar-refractivity contribution is 7.99. The van der Waals surface area contributed by atoms with Gasteiger partial charge in [-0.05, 0) is 74.0 Å². The Balaban J connectivity index is 1.20. The van der Waals surface area contributed by atoms with Gasteiger partial charge in [-0.25, -0.2) is 26.5 Å². The number of hydrogen-bond acceptors (Lipinski definition) is 11. The maximum absolute atomic E-state index is 13.9. The first-order chi connectivity index (χ1) is 25.6. The predicted octanol–water partition coefficient (Wildman–Crippen LogP) is 6.95. The molecule has 1 fully saturated rings. The fraction of sp³-hybridized carbons (Fsp3) is 0.333. The van der Waals surface area contributed by atoms with Crippen molar-refractivity contribution in [2.24, 2.45) is 5.14 Å². The number of nitrogens with one attached hydrogen (secondary N) is 1. The van der Waals surface area contributed by atoms with E-state index in [-0.39, 0.29) is 11.8 Å². The summed E-state index contributed by atoms with van der Waals surface area (Å²) in [7, 11) is -14.0. The number of thioether (sulfide) groups is 1. The Morgan fingerprint density at radius 1 is 0.778 bits per heavy atom. The minimum absolute atomic E-state index is 0.202. The van der Waals surface area contributed by atoms with E-state index in [1.54, 1.807) is 48.5 Å². The van der Waals surface area contributed by atoms with Crippen molar-refractivity contribution in [2.45, 2.75) is 39.1 Å². The van der Waals surface area contributed by atoms with Gasteiger partial charge < -0.3 is 24.2 Å². The molecular weight excluding hydrogens is 785 g/mol. The Bertz CT molecular complexity index is 2030. The highest BCUT2D eigenvalue weighted by atomic mass is 32.2. The predicted molar refractivity (Wildman–Crippen MR) is 204 cm³/mol. The summed E-state index contributed by atoms with van der Waals surface area (Å²) in [6.07, 6.45) is 1.21. The van der Waals surface area contributed by atoms with Crippen molar-refractivity contribution >= 4 is 44.9 Å². The van der Waals surface area contributed by atoms with E-state index < -0.39 is 48.8 Å². The molecule has 1 heterocycles. The second-order valence-electron chi connectivity index (χ2n) is 12.6. The molecule has 11 nitrogen and oxygen atoms in total. The van der Waals surface area contributed by atoms with Crippen LogP contribution in [0.5, 0.6) is 11.5 Å². The molecule has 18 heteroatoms. The van der Waals surface area contributed by atoms with Crippen molar-refractivity contribution in [3.8, 4) is 11.5 Å². The van der Waals surface area contributed by atoms with Crippen LogP contribution in [-0.4, -0.2) is 89.4 Å². The van der Waals surface area contributed by atoms with Gasteiger partial charge in [0, 0.05) is 49.4 Å². The van der Waals surface area contributed by atoms with Gasteiger partial charge in [0.2, 0.25) is 10.0 Å². The lowest BCUT2D eigenvalue weighted by Crippen LogP contribution is -2.47. The normalized spacial score (nSPS) is 15.4. The summed E-state index contributed by atoms with van der Waals surface area (Å²) in [5.41, 5.74) is -6.04. The van der Waals surface area contributed by atoms with Crippen molar-refractivity contribution < 1.29 is 43.6 Å². The van der Waals surface area contributed by atoms with Crippen LogP contribution in [0.2, 0.25) is 0 Å². The van der Waals surface area contributed by atoms with E-state index >= 15 is 0 Å². The van der Waals surface area contributed by atoms with Crippen LogP contribution >= 0.6 is 19.4 Å². The van der Waals surface area contributed by atoms with Gasteiger partial charge >= 0.3 is 13.1 Å². The lowest BCUT2D eigenvalue weighted by Gasteiger charge is -2.35. The summed E-state index contributed by atoms with van der Waals surface area (Å²) in [6, 6.07) is 29.1. The van der Waals surface area contributed by atoms with Crippen LogP contribution in [0.15, 0.2) is 124 Å². The van der Waals surface area contributed by atoms with E-state index in [9.17, 15) is 34.6 Å². The van der Waals surface area contributed by atoms with Gasteiger partial charge in [-0.2, -0.15) is 13.2 Å². The molecule has 0 aromatic heterocycles. The summed E-state index contributed by atoms with van der Waals surface area (Å²) in [5, 5.41) is 8.10. The summed E-state index contributed by atoms with van der Waals surface area (Å²) >= 11 is 1.45.